The third kappa shape index (κ3) is 5.14. The van der Waals surface area contributed by atoms with E-state index in [1.807, 2.05) is 0 Å². The number of rotatable bonds is 5. The number of hydrogen-bond acceptors (Lipinski definition) is 4. The van der Waals surface area contributed by atoms with E-state index in [0.29, 0.717) is 26.2 Å². The van der Waals surface area contributed by atoms with Crippen molar-refractivity contribution in [1.29, 1.82) is 0 Å². The molecule has 2 saturated heterocycles. The first-order valence-corrected chi connectivity index (χ1v) is 11.3. The lowest BCUT2D eigenvalue weighted by molar-refractivity contribution is -0.134. The van der Waals surface area contributed by atoms with E-state index in [4.69, 9.17) is 16.3 Å². The molecule has 0 aromatic heterocycles. The van der Waals surface area contributed by atoms with Gasteiger partial charge in [0.25, 0.3) is 16.1 Å². The van der Waals surface area contributed by atoms with E-state index in [-0.39, 0.29) is 36.4 Å². The van der Waals surface area contributed by atoms with Gasteiger partial charge in [-0.2, -0.15) is 17.0 Å². The number of nitrogens with zero attached hydrogens (tertiary/aromatic N) is 3. The maximum Gasteiger partial charge on any atom is 0.282 e. The van der Waals surface area contributed by atoms with Crippen LogP contribution in [0.1, 0.15) is 25.7 Å². The van der Waals surface area contributed by atoms with Crippen molar-refractivity contribution in [3.8, 4) is 5.75 Å². The average Bonchev–Trinajstić information content (AvgIpc) is 2.97. The predicted octanol–water partition coefficient (Wildman–Crippen LogP) is 2.12. The Bertz CT molecular complexity index is 792. The van der Waals surface area contributed by atoms with Gasteiger partial charge in [-0.3, -0.25) is 4.79 Å². The molecule has 2 aliphatic heterocycles. The number of piperazine rings is 1. The molecule has 28 heavy (non-hydrogen) atoms. The van der Waals surface area contributed by atoms with Crippen LogP contribution in [0.3, 0.4) is 0 Å². The quantitative estimate of drug-likeness (QED) is 0.713. The minimum absolute atomic E-state index is 0.0983. The average molecular weight is 434 g/mol. The first-order valence-electron chi connectivity index (χ1n) is 9.49. The van der Waals surface area contributed by atoms with Crippen LogP contribution in [0.4, 0.5) is 4.39 Å². The van der Waals surface area contributed by atoms with Crippen molar-refractivity contribution in [3.05, 3.63) is 29.0 Å². The van der Waals surface area contributed by atoms with Crippen molar-refractivity contribution in [1.82, 2.24) is 13.5 Å². The van der Waals surface area contributed by atoms with E-state index in [1.54, 1.807) is 9.21 Å². The molecule has 0 atom stereocenters. The number of ether oxygens (including phenoxy) is 1. The first kappa shape index (κ1) is 21.3. The van der Waals surface area contributed by atoms with Gasteiger partial charge in [-0.15, -0.1) is 0 Å². The Morgan fingerprint density at radius 2 is 1.61 bits per heavy atom. The summed E-state index contributed by atoms with van der Waals surface area (Å²) in [6, 6.07) is 3.70. The molecular formula is C18H25ClFN3O4S. The summed E-state index contributed by atoms with van der Waals surface area (Å²) in [5.41, 5.74) is 0. The van der Waals surface area contributed by atoms with Gasteiger partial charge >= 0.3 is 0 Å². The lowest BCUT2D eigenvalue weighted by Gasteiger charge is -2.36. The molecule has 0 bridgehead atoms. The molecule has 1 amide bonds. The van der Waals surface area contributed by atoms with E-state index in [2.05, 4.69) is 0 Å². The summed E-state index contributed by atoms with van der Waals surface area (Å²) in [7, 11) is -3.48. The molecule has 0 aliphatic carbocycles. The highest BCUT2D eigenvalue weighted by molar-refractivity contribution is 7.86. The van der Waals surface area contributed by atoms with Crippen molar-refractivity contribution in [2.45, 2.75) is 25.7 Å². The zero-order chi connectivity index (χ0) is 20.1. The zero-order valence-corrected chi connectivity index (χ0v) is 17.2. The van der Waals surface area contributed by atoms with Crippen molar-refractivity contribution in [2.24, 2.45) is 0 Å². The Morgan fingerprint density at radius 1 is 1.00 bits per heavy atom. The van der Waals surface area contributed by atoms with Crippen molar-refractivity contribution in [2.75, 3.05) is 45.9 Å². The van der Waals surface area contributed by atoms with Gasteiger partial charge < -0.3 is 9.64 Å². The molecule has 0 saturated carbocycles. The van der Waals surface area contributed by atoms with Gasteiger partial charge in [0.05, 0.1) is 5.02 Å². The normalized spacial score (nSPS) is 20.0. The molecule has 3 rings (SSSR count). The SMILES string of the molecule is O=C(COc1ccc(F)cc1Cl)N1CCN(S(=O)(=O)N2CCCCCC2)CC1. The Kier molecular flexibility index (Phi) is 7.14. The van der Waals surface area contributed by atoms with Crippen LogP contribution in [-0.2, 0) is 15.0 Å². The summed E-state index contributed by atoms with van der Waals surface area (Å²) in [6.07, 6.45) is 3.90. The smallest absolute Gasteiger partial charge is 0.282 e. The van der Waals surface area contributed by atoms with Gasteiger partial charge in [0.15, 0.2) is 6.61 Å². The summed E-state index contributed by atoms with van der Waals surface area (Å²) in [6.45, 7) is 2.05. The van der Waals surface area contributed by atoms with Gasteiger partial charge in [-0.1, -0.05) is 24.4 Å². The summed E-state index contributed by atoms with van der Waals surface area (Å²) in [5, 5.41) is 0.0983. The van der Waals surface area contributed by atoms with Crippen LogP contribution in [0.15, 0.2) is 18.2 Å². The predicted molar refractivity (Wildman–Crippen MR) is 104 cm³/mol. The number of carbonyl (C=O) groups is 1. The fraction of sp³-hybridized carbons (Fsp3) is 0.611. The van der Waals surface area contributed by atoms with Crippen LogP contribution < -0.4 is 4.74 Å². The van der Waals surface area contributed by atoms with E-state index in [0.717, 1.165) is 31.7 Å². The highest BCUT2D eigenvalue weighted by Crippen LogP contribution is 2.25. The Labute approximate surface area is 170 Å². The van der Waals surface area contributed by atoms with E-state index < -0.39 is 16.0 Å². The second kappa shape index (κ2) is 9.39. The van der Waals surface area contributed by atoms with E-state index in [1.165, 1.54) is 16.4 Å². The first-order chi connectivity index (χ1) is 13.4. The lowest BCUT2D eigenvalue weighted by atomic mass is 10.2. The summed E-state index contributed by atoms with van der Waals surface area (Å²) >= 11 is 5.89. The number of carbonyl (C=O) groups excluding carboxylic acids is 1. The molecule has 0 radical (unpaired) electrons. The molecule has 2 heterocycles. The number of hydrogen-bond donors (Lipinski definition) is 0. The third-order valence-corrected chi connectivity index (χ3v) is 7.38. The van der Waals surface area contributed by atoms with Crippen LogP contribution in [0, 0.1) is 5.82 Å². The molecule has 10 heteroatoms. The van der Waals surface area contributed by atoms with Gasteiger partial charge in [-0.05, 0) is 31.0 Å². The standard InChI is InChI=1S/C18H25ClFN3O4S/c19-16-13-15(20)5-6-17(16)27-14-18(24)21-9-11-23(12-10-21)28(25,26)22-7-3-1-2-4-8-22/h5-6,13H,1-4,7-12,14H2. The Morgan fingerprint density at radius 3 is 2.21 bits per heavy atom. The third-order valence-electron chi connectivity index (χ3n) is 5.05. The largest absolute Gasteiger partial charge is 0.482 e. The molecule has 0 spiro atoms. The molecule has 1 aromatic carbocycles. The second-order valence-corrected chi connectivity index (χ2v) is 9.30. The van der Waals surface area contributed by atoms with Crippen molar-refractivity contribution < 1.29 is 22.3 Å². The number of halogens is 2. The maximum atomic E-state index is 13.1. The van der Waals surface area contributed by atoms with Gasteiger partial charge in [0.1, 0.15) is 11.6 Å². The monoisotopic (exact) mass is 433 g/mol. The van der Waals surface area contributed by atoms with E-state index >= 15 is 0 Å². The van der Waals surface area contributed by atoms with Gasteiger partial charge in [0, 0.05) is 39.3 Å². The topological polar surface area (TPSA) is 70.2 Å². The zero-order valence-electron chi connectivity index (χ0n) is 15.6. The highest BCUT2D eigenvalue weighted by atomic mass is 35.5. The fourth-order valence-electron chi connectivity index (χ4n) is 3.43. The highest BCUT2D eigenvalue weighted by Gasteiger charge is 2.33. The second-order valence-electron chi connectivity index (χ2n) is 6.96. The number of amides is 1. The van der Waals surface area contributed by atoms with Crippen LogP contribution in [0.5, 0.6) is 5.75 Å². The Hall–Kier alpha value is -1.42. The van der Waals surface area contributed by atoms with Crippen LogP contribution >= 0.6 is 11.6 Å². The van der Waals surface area contributed by atoms with Crippen molar-refractivity contribution >= 4 is 27.7 Å². The molecule has 7 nitrogen and oxygen atoms in total. The summed E-state index contributed by atoms with van der Waals surface area (Å²) in [4.78, 5) is 13.9. The molecular weight excluding hydrogens is 409 g/mol. The fourth-order valence-corrected chi connectivity index (χ4v) is 5.32. The minimum Gasteiger partial charge on any atom is -0.482 e. The van der Waals surface area contributed by atoms with Crippen LogP contribution in [0.25, 0.3) is 0 Å². The van der Waals surface area contributed by atoms with Gasteiger partial charge in [0.2, 0.25) is 0 Å². The van der Waals surface area contributed by atoms with Crippen LogP contribution in [0.2, 0.25) is 5.02 Å². The van der Waals surface area contributed by atoms with Crippen LogP contribution in [-0.4, -0.2) is 73.7 Å². The van der Waals surface area contributed by atoms with Gasteiger partial charge in [-0.25, -0.2) is 4.39 Å². The molecule has 156 valence electrons. The summed E-state index contributed by atoms with van der Waals surface area (Å²) in [5.74, 6) is -0.503. The lowest BCUT2D eigenvalue weighted by Crippen LogP contribution is -2.55. The molecule has 0 unspecified atom stereocenters. The summed E-state index contributed by atoms with van der Waals surface area (Å²) < 4.78 is 47.1. The molecule has 0 N–H and O–H groups in total. The minimum atomic E-state index is -3.48. The Balaban J connectivity index is 1.50. The molecule has 2 fully saturated rings. The maximum absolute atomic E-state index is 13.1. The van der Waals surface area contributed by atoms with Crippen molar-refractivity contribution in [3.63, 3.8) is 0 Å². The molecule has 2 aliphatic rings. The van der Waals surface area contributed by atoms with E-state index in [9.17, 15) is 17.6 Å². The number of benzene rings is 1. The molecule has 1 aromatic rings.